The first-order valence-corrected chi connectivity index (χ1v) is 8.68. The van der Waals surface area contributed by atoms with Gasteiger partial charge in [0, 0.05) is 29.0 Å². The second-order valence-corrected chi connectivity index (χ2v) is 7.37. The number of amides is 1. The fourth-order valence-corrected chi connectivity index (χ4v) is 3.98. The van der Waals surface area contributed by atoms with E-state index in [9.17, 15) is 4.79 Å². The predicted molar refractivity (Wildman–Crippen MR) is 95.2 cm³/mol. The van der Waals surface area contributed by atoms with E-state index in [0.29, 0.717) is 11.8 Å². The van der Waals surface area contributed by atoms with Crippen LogP contribution in [0.15, 0.2) is 28.7 Å². The SMILES string of the molecule is CC(N)C1CCCCN1C(=O)C1CC1c1cccc(Br)c1.Cl. The Morgan fingerprint density at radius 3 is 2.86 bits per heavy atom. The molecule has 1 aromatic carbocycles. The van der Waals surface area contributed by atoms with Crippen LogP contribution in [0.1, 0.15) is 44.1 Å². The molecule has 3 rings (SSSR count). The largest absolute Gasteiger partial charge is 0.338 e. The molecule has 2 aliphatic rings. The average molecular weight is 388 g/mol. The van der Waals surface area contributed by atoms with Gasteiger partial charge in [-0.1, -0.05) is 28.1 Å². The molecule has 122 valence electrons. The maximum Gasteiger partial charge on any atom is 0.226 e. The highest BCUT2D eigenvalue weighted by Gasteiger charge is 2.47. The van der Waals surface area contributed by atoms with E-state index in [0.717, 1.165) is 30.3 Å². The van der Waals surface area contributed by atoms with Crippen molar-refractivity contribution in [2.24, 2.45) is 11.7 Å². The zero-order valence-corrected chi connectivity index (χ0v) is 15.3. The van der Waals surface area contributed by atoms with Crippen molar-refractivity contribution in [3.05, 3.63) is 34.3 Å². The van der Waals surface area contributed by atoms with E-state index < -0.39 is 0 Å². The lowest BCUT2D eigenvalue weighted by molar-refractivity contribution is -0.136. The zero-order valence-electron chi connectivity index (χ0n) is 12.9. The third-order valence-corrected chi connectivity index (χ3v) is 5.32. The number of nitrogens with two attached hydrogens (primary N) is 1. The fraction of sp³-hybridized carbons (Fsp3) is 0.588. The predicted octanol–water partition coefficient (Wildman–Crippen LogP) is 3.70. The van der Waals surface area contributed by atoms with Crippen LogP contribution in [0.3, 0.4) is 0 Å². The fourth-order valence-electron chi connectivity index (χ4n) is 3.56. The number of hydrogen-bond donors (Lipinski definition) is 1. The van der Waals surface area contributed by atoms with Crippen molar-refractivity contribution in [2.75, 3.05) is 6.54 Å². The minimum atomic E-state index is 0. The van der Waals surface area contributed by atoms with Gasteiger partial charge in [0.15, 0.2) is 0 Å². The van der Waals surface area contributed by atoms with Crippen LogP contribution in [0, 0.1) is 5.92 Å². The first-order valence-electron chi connectivity index (χ1n) is 7.89. The molecule has 1 saturated carbocycles. The summed E-state index contributed by atoms with van der Waals surface area (Å²) in [6, 6.07) is 8.64. The number of halogens is 2. The first-order chi connectivity index (χ1) is 10.1. The van der Waals surface area contributed by atoms with Crippen LogP contribution in [0.25, 0.3) is 0 Å². The molecule has 1 saturated heterocycles. The molecular formula is C17H24BrClN2O. The number of hydrogen-bond acceptors (Lipinski definition) is 2. The van der Waals surface area contributed by atoms with Crippen LogP contribution >= 0.6 is 28.3 Å². The first kappa shape index (κ1) is 17.8. The van der Waals surface area contributed by atoms with E-state index in [1.807, 2.05) is 19.1 Å². The number of piperidine rings is 1. The molecule has 2 fully saturated rings. The van der Waals surface area contributed by atoms with Gasteiger partial charge in [0.1, 0.15) is 0 Å². The van der Waals surface area contributed by atoms with Gasteiger partial charge in [0.05, 0.1) is 0 Å². The molecule has 1 aromatic rings. The van der Waals surface area contributed by atoms with Crippen molar-refractivity contribution in [3.8, 4) is 0 Å². The van der Waals surface area contributed by atoms with Crippen LogP contribution in [-0.2, 0) is 4.79 Å². The Kier molecular flexibility index (Phi) is 5.92. The minimum absolute atomic E-state index is 0. The molecule has 4 atom stereocenters. The van der Waals surface area contributed by atoms with Gasteiger partial charge in [0.25, 0.3) is 0 Å². The zero-order chi connectivity index (χ0) is 15.0. The molecule has 0 bridgehead atoms. The molecular weight excluding hydrogens is 364 g/mol. The van der Waals surface area contributed by atoms with Crippen molar-refractivity contribution in [2.45, 2.75) is 50.6 Å². The Labute approximate surface area is 147 Å². The summed E-state index contributed by atoms with van der Waals surface area (Å²) in [5.41, 5.74) is 7.36. The molecule has 5 heteroatoms. The molecule has 1 aliphatic heterocycles. The van der Waals surface area contributed by atoms with Crippen molar-refractivity contribution < 1.29 is 4.79 Å². The van der Waals surface area contributed by atoms with Crippen LogP contribution in [-0.4, -0.2) is 29.4 Å². The maximum absolute atomic E-state index is 12.8. The van der Waals surface area contributed by atoms with Crippen molar-refractivity contribution >= 4 is 34.2 Å². The second-order valence-electron chi connectivity index (χ2n) is 6.46. The Morgan fingerprint density at radius 2 is 2.18 bits per heavy atom. The molecule has 4 unspecified atom stereocenters. The van der Waals surface area contributed by atoms with Gasteiger partial charge < -0.3 is 10.6 Å². The summed E-state index contributed by atoms with van der Waals surface area (Å²) in [5, 5.41) is 0. The summed E-state index contributed by atoms with van der Waals surface area (Å²) in [6.45, 7) is 2.90. The van der Waals surface area contributed by atoms with Gasteiger partial charge in [-0.3, -0.25) is 4.79 Å². The number of benzene rings is 1. The normalized spacial score (nSPS) is 28.7. The van der Waals surface area contributed by atoms with E-state index >= 15 is 0 Å². The molecule has 0 aromatic heterocycles. The standard InChI is InChI=1S/C17H23BrN2O.ClH/c1-11(19)16-7-2-3-8-20(16)17(21)15-10-14(15)12-5-4-6-13(18)9-12;/h4-6,9,11,14-16H,2-3,7-8,10,19H2,1H3;1H. The molecule has 22 heavy (non-hydrogen) atoms. The highest BCUT2D eigenvalue weighted by molar-refractivity contribution is 9.10. The highest BCUT2D eigenvalue weighted by Crippen LogP contribution is 2.49. The molecule has 1 heterocycles. The van der Waals surface area contributed by atoms with Crippen LogP contribution in [0.2, 0.25) is 0 Å². The van der Waals surface area contributed by atoms with Crippen molar-refractivity contribution in [1.82, 2.24) is 4.90 Å². The summed E-state index contributed by atoms with van der Waals surface area (Å²) < 4.78 is 1.09. The second kappa shape index (κ2) is 7.33. The average Bonchev–Trinajstić information content (AvgIpc) is 3.27. The quantitative estimate of drug-likeness (QED) is 0.859. The lowest BCUT2D eigenvalue weighted by Gasteiger charge is -2.38. The highest BCUT2D eigenvalue weighted by atomic mass is 79.9. The van der Waals surface area contributed by atoms with Crippen molar-refractivity contribution in [3.63, 3.8) is 0 Å². The van der Waals surface area contributed by atoms with Crippen LogP contribution in [0.5, 0.6) is 0 Å². The summed E-state index contributed by atoms with van der Waals surface area (Å²) >= 11 is 3.51. The number of likely N-dealkylation sites (tertiary alicyclic amines) is 1. The van der Waals surface area contributed by atoms with E-state index in [1.165, 1.54) is 12.0 Å². The minimum Gasteiger partial charge on any atom is -0.338 e. The third-order valence-electron chi connectivity index (χ3n) is 4.82. The van der Waals surface area contributed by atoms with Crippen molar-refractivity contribution in [1.29, 1.82) is 0 Å². The van der Waals surface area contributed by atoms with E-state index in [2.05, 4.69) is 33.0 Å². The van der Waals surface area contributed by atoms with Gasteiger partial charge in [-0.25, -0.2) is 0 Å². The van der Waals surface area contributed by atoms with Gasteiger partial charge in [-0.05, 0) is 56.2 Å². The number of nitrogens with zero attached hydrogens (tertiary/aromatic N) is 1. The van der Waals surface area contributed by atoms with Gasteiger partial charge >= 0.3 is 0 Å². The van der Waals surface area contributed by atoms with Gasteiger partial charge in [-0.15, -0.1) is 12.4 Å². The topological polar surface area (TPSA) is 46.3 Å². The monoisotopic (exact) mass is 386 g/mol. The number of carbonyl (C=O) groups excluding carboxylic acids is 1. The summed E-state index contributed by atoms with van der Waals surface area (Å²) in [5.74, 6) is 0.881. The third kappa shape index (κ3) is 3.66. The molecule has 0 radical (unpaired) electrons. The lowest BCUT2D eigenvalue weighted by Crippen LogP contribution is -2.52. The van der Waals surface area contributed by atoms with E-state index in [4.69, 9.17) is 5.73 Å². The Morgan fingerprint density at radius 1 is 1.41 bits per heavy atom. The lowest BCUT2D eigenvalue weighted by atomic mass is 9.96. The smallest absolute Gasteiger partial charge is 0.226 e. The van der Waals surface area contributed by atoms with Crippen LogP contribution in [0.4, 0.5) is 0 Å². The molecule has 3 nitrogen and oxygen atoms in total. The maximum atomic E-state index is 12.8. The summed E-state index contributed by atoms with van der Waals surface area (Å²) in [7, 11) is 0. The Balaban J connectivity index is 0.00000176. The number of carbonyl (C=O) groups is 1. The summed E-state index contributed by atoms with van der Waals surface area (Å²) in [4.78, 5) is 14.9. The van der Waals surface area contributed by atoms with Crippen LogP contribution < -0.4 is 5.73 Å². The van der Waals surface area contributed by atoms with E-state index in [-0.39, 0.29) is 30.4 Å². The Bertz CT molecular complexity index is 537. The molecule has 1 aliphatic carbocycles. The number of rotatable bonds is 3. The Hall–Kier alpha value is -0.580. The molecule has 0 spiro atoms. The molecule has 1 amide bonds. The summed E-state index contributed by atoms with van der Waals surface area (Å²) in [6.07, 6.45) is 4.34. The molecule has 2 N–H and O–H groups in total. The van der Waals surface area contributed by atoms with Gasteiger partial charge in [0.2, 0.25) is 5.91 Å². The van der Waals surface area contributed by atoms with E-state index in [1.54, 1.807) is 0 Å². The van der Waals surface area contributed by atoms with Gasteiger partial charge in [-0.2, -0.15) is 0 Å².